The van der Waals surface area contributed by atoms with Crippen molar-refractivity contribution < 1.29 is 18.4 Å². The van der Waals surface area contributed by atoms with Crippen LogP contribution in [0, 0.1) is 21.9 Å². The van der Waals surface area contributed by atoms with Crippen molar-refractivity contribution >= 4 is 34.6 Å². The van der Waals surface area contributed by atoms with Crippen LogP contribution in [0.1, 0.15) is 0 Å². The fourth-order valence-corrected chi connectivity index (χ4v) is 2.84. The fourth-order valence-electron chi connectivity index (χ4n) is 2.84. The summed E-state index contributed by atoms with van der Waals surface area (Å²) in [6.07, 6.45) is 1.34. The lowest BCUT2D eigenvalue weighted by Crippen LogP contribution is -2.29. The number of para-hydroxylation sites is 1. The van der Waals surface area contributed by atoms with Crippen LogP contribution in [0.3, 0.4) is 0 Å². The van der Waals surface area contributed by atoms with Crippen LogP contribution in [0.25, 0.3) is 10.9 Å². The van der Waals surface area contributed by atoms with E-state index in [1.165, 1.54) is 23.0 Å². The highest BCUT2D eigenvalue weighted by Crippen LogP contribution is 2.34. The van der Waals surface area contributed by atoms with Crippen LogP contribution in [-0.2, 0) is 0 Å². The lowest BCUT2D eigenvalue weighted by atomic mass is 10.2. The molecule has 0 aliphatic carbocycles. The minimum Gasteiger partial charge on any atom is -0.494 e. The second-order valence-electron chi connectivity index (χ2n) is 5.77. The number of aliphatic imine (C=N–C) groups is 2. The van der Waals surface area contributed by atoms with E-state index >= 15 is 0 Å². The number of hydrogen-bond acceptors (Lipinski definition) is 7. The van der Waals surface area contributed by atoms with Gasteiger partial charge in [-0.25, -0.2) is 9.98 Å². The van der Waals surface area contributed by atoms with Gasteiger partial charge in [0.25, 0.3) is 0 Å². The molecular weight excluding hydrogens is 374 g/mol. The third kappa shape index (κ3) is 2.82. The predicted octanol–water partition coefficient (Wildman–Crippen LogP) is 2.94. The van der Waals surface area contributed by atoms with Gasteiger partial charge in [0.1, 0.15) is 18.8 Å². The molecule has 3 aromatic rings. The van der Waals surface area contributed by atoms with Crippen LogP contribution in [-0.4, -0.2) is 40.8 Å². The third-order valence-electron chi connectivity index (χ3n) is 4.16. The van der Waals surface area contributed by atoms with E-state index in [-0.39, 0.29) is 24.1 Å². The summed E-state index contributed by atoms with van der Waals surface area (Å²) < 4.78 is 34.2. The lowest BCUT2D eigenvalue weighted by Gasteiger charge is -2.22. The average Bonchev–Trinajstić information content (AvgIpc) is 3.04. The number of nitrogens with zero attached hydrogens (tertiary/aromatic N) is 6. The van der Waals surface area contributed by atoms with E-state index < -0.39 is 22.4 Å². The number of aromatic nitrogens is 2. The maximum absolute atomic E-state index is 14.0. The fraction of sp³-hybridized carbons (Fsp3) is 0.118. The molecule has 1 aromatic heterocycles. The van der Waals surface area contributed by atoms with Gasteiger partial charge in [-0.15, -0.1) is 5.10 Å². The van der Waals surface area contributed by atoms with Crippen molar-refractivity contribution in [1.29, 1.82) is 0 Å². The standard InChI is InChI=1S/C17H12F2N6O3/c1-28-15-6-11(18)13(25(26)27)7-14(15)23-8-20-17(21-9-23)24-12-5-3-2-4-10(12)16(19)22-24/h2-8H,9H2,1H3. The van der Waals surface area contributed by atoms with E-state index in [1.807, 2.05) is 0 Å². The van der Waals surface area contributed by atoms with E-state index in [4.69, 9.17) is 4.74 Å². The molecule has 1 aliphatic rings. The molecule has 0 bridgehead atoms. The van der Waals surface area contributed by atoms with Crippen molar-refractivity contribution in [3.63, 3.8) is 0 Å². The molecule has 0 N–H and O–H groups in total. The van der Waals surface area contributed by atoms with Crippen molar-refractivity contribution in [3.05, 3.63) is 58.3 Å². The summed E-state index contributed by atoms with van der Waals surface area (Å²) >= 11 is 0. The Morgan fingerprint density at radius 3 is 2.71 bits per heavy atom. The van der Waals surface area contributed by atoms with Crippen LogP contribution in [0.15, 0.2) is 46.4 Å². The smallest absolute Gasteiger partial charge is 0.307 e. The quantitative estimate of drug-likeness (QED) is 0.509. The van der Waals surface area contributed by atoms with E-state index in [0.717, 1.165) is 12.1 Å². The number of hydrogen-bond donors (Lipinski definition) is 0. The third-order valence-corrected chi connectivity index (χ3v) is 4.16. The largest absolute Gasteiger partial charge is 0.494 e. The Morgan fingerprint density at radius 1 is 1.25 bits per heavy atom. The highest BCUT2D eigenvalue weighted by atomic mass is 19.1. The molecule has 2 heterocycles. The number of anilines is 1. The summed E-state index contributed by atoms with van der Waals surface area (Å²) in [6.45, 7) is -0.00616. The molecular formula is C17H12F2N6O3. The number of rotatable bonds is 3. The van der Waals surface area contributed by atoms with Crippen molar-refractivity contribution in [2.24, 2.45) is 9.98 Å². The van der Waals surface area contributed by atoms with E-state index in [9.17, 15) is 18.9 Å². The van der Waals surface area contributed by atoms with Crippen molar-refractivity contribution in [3.8, 4) is 5.75 Å². The SMILES string of the molecule is COc1cc(F)c([N+](=O)[O-])cc1N1C=NC(n2nc(F)c3ccccc32)=NC1. The zero-order valence-corrected chi connectivity index (χ0v) is 14.4. The Bertz CT molecular complexity index is 1160. The number of benzene rings is 2. The van der Waals surface area contributed by atoms with Crippen LogP contribution in [0.4, 0.5) is 20.2 Å². The normalized spacial score (nSPS) is 13.7. The van der Waals surface area contributed by atoms with E-state index in [2.05, 4.69) is 15.1 Å². The van der Waals surface area contributed by atoms with Crippen LogP contribution >= 0.6 is 0 Å². The van der Waals surface area contributed by atoms with Crippen LogP contribution in [0.5, 0.6) is 5.75 Å². The average molecular weight is 386 g/mol. The van der Waals surface area contributed by atoms with Gasteiger partial charge in [0.15, 0.2) is 0 Å². The highest BCUT2D eigenvalue weighted by molar-refractivity contribution is 6.00. The van der Waals surface area contributed by atoms with Gasteiger partial charge in [-0.3, -0.25) is 10.1 Å². The van der Waals surface area contributed by atoms with Gasteiger partial charge in [-0.05, 0) is 12.1 Å². The van der Waals surface area contributed by atoms with Crippen molar-refractivity contribution in [1.82, 2.24) is 9.78 Å². The number of nitro groups is 1. The molecule has 0 fully saturated rings. The molecule has 9 nitrogen and oxygen atoms in total. The predicted molar refractivity (Wildman–Crippen MR) is 98.0 cm³/mol. The maximum Gasteiger partial charge on any atom is 0.307 e. The molecule has 0 unspecified atom stereocenters. The first-order valence-electron chi connectivity index (χ1n) is 8.00. The molecule has 4 rings (SSSR count). The van der Waals surface area contributed by atoms with Crippen molar-refractivity contribution in [2.45, 2.75) is 0 Å². The van der Waals surface area contributed by atoms with Crippen molar-refractivity contribution in [2.75, 3.05) is 18.7 Å². The number of methoxy groups -OCH3 is 1. The molecule has 0 atom stereocenters. The highest BCUT2D eigenvalue weighted by Gasteiger charge is 2.23. The Balaban J connectivity index is 1.69. The summed E-state index contributed by atoms with van der Waals surface area (Å²) in [4.78, 5) is 20.0. The molecule has 0 saturated carbocycles. The molecule has 0 radical (unpaired) electrons. The minimum absolute atomic E-state index is 0.00616. The minimum atomic E-state index is -1.01. The lowest BCUT2D eigenvalue weighted by molar-refractivity contribution is -0.387. The number of nitro benzene ring substituents is 1. The van der Waals surface area contributed by atoms with Gasteiger partial charge in [0.2, 0.25) is 17.7 Å². The second-order valence-corrected chi connectivity index (χ2v) is 5.77. The van der Waals surface area contributed by atoms with E-state index in [0.29, 0.717) is 10.9 Å². The molecule has 11 heteroatoms. The van der Waals surface area contributed by atoms with Gasteiger partial charge in [0.05, 0.1) is 28.6 Å². The van der Waals surface area contributed by atoms with Gasteiger partial charge in [-0.2, -0.15) is 13.5 Å². The Morgan fingerprint density at radius 2 is 2.04 bits per heavy atom. The summed E-state index contributed by atoms with van der Waals surface area (Å²) in [6, 6.07) is 8.68. The van der Waals surface area contributed by atoms with Gasteiger partial charge in [0, 0.05) is 12.1 Å². The van der Waals surface area contributed by atoms with Gasteiger partial charge >= 0.3 is 5.69 Å². The Kier molecular flexibility index (Phi) is 4.18. The zero-order valence-electron chi connectivity index (χ0n) is 14.4. The monoisotopic (exact) mass is 386 g/mol. The van der Waals surface area contributed by atoms with E-state index in [1.54, 1.807) is 24.3 Å². The molecule has 142 valence electrons. The summed E-state index contributed by atoms with van der Waals surface area (Å²) in [5, 5.41) is 15.2. The second kappa shape index (κ2) is 6.68. The van der Waals surface area contributed by atoms with Gasteiger partial charge in [-0.1, -0.05) is 12.1 Å². The number of fused-ring (bicyclic) bond motifs is 1. The molecule has 0 spiro atoms. The maximum atomic E-state index is 14.0. The first-order valence-corrected chi connectivity index (χ1v) is 8.00. The molecule has 0 saturated heterocycles. The first-order chi connectivity index (χ1) is 13.5. The zero-order chi connectivity index (χ0) is 19.8. The number of ether oxygens (including phenoxy) is 1. The topological polar surface area (TPSA) is 98.2 Å². The molecule has 2 aromatic carbocycles. The molecule has 0 amide bonds. The number of halogens is 2. The summed E-state index contributed by atoms with van der Waals surface area (Å²) in [5.74, 6) is -1.43. The Labute approximate surface area is 156 Å². The molecule has 28 heavy (non-hydrogen) atoms. The molecule has 1 aliphatic heterocycles. The van der Waals surface area contributed by atoms with Crippen LogP contribution in [0.2, 0.25) is 0 Å². The summed E-state index contributed by atoms with van der Waals surface area (Å²) in [5.41, 5.74) is 0.0251. The van der Waals surface area contributed by atoms with Gasteiger partial charge < -0.3 is 9.64 Å². The summed E-state index contributed by atoms with van der Waals surface area (Å²) in [7, 11) is 1.32. The Hall–Kier alpha value is -3.89. The first kappa shape index (κ1) is 17.5. The van der Waals surface area contributed by atoms with Crippen LogP contribution < -0.4 is 9.64 Å².